The van der Waals surface area contributed by atoms with Crippen molar-refractivity contribution >= 4 is 11.9 Å². The van der Waals surface area contributed by atoms with Gasteiger partial charge >= 0.3 is 5.97 Å². The maximum Gasteiger partial charge on any atom is 0.344 e. The van der Waals surface area contributed by atoms with Crippen LogP contribution in [0.4, 0.5) is 4.39 Å². The Kier molecular flexibility index (Phi) is 4.80. The average molecular weight is 319 g/mol. The number of carbonyl (C=O) groups excluding carboxylic acids is 1. The summed E-state index contributed by atoms with van der Waals surface area (Å²) in [5, 5.41) is 8.76. The Hall–Kier alpha value is -3.09. The highest BCUT2D eigenvalue weighted by Gasteiger charge is 2.13. The van der Waals surface area contributed by atoms with Crippen LogP contribution in [0, 0.1) is 5.82 Å². The van der Waals surface area contributed by atoms with Crippen molar-refractivity contribution in [2.45, 2.75) is 13.0 Å². The SMILES string of the molecule is C[C@@H](Oc1ccc(Oc2ccc(C(N)=O)cc2F)cc1)C(=O)O. The van der Waals surface area contributed by atoms with Gasteiger partial charge in [-0.1, -0.05) is 0 Å². The fourth-order valence-corrected chi connectivity index (χ4v) is 1.70. The Bertz CT molecular complexity index is 730. The third kappa shape index (κ3) is 4.19. The van der Waals surface area contributed by atoms with E-state index in [1.54, 1.807) is 0 Å². The molecule has 120 valence electrons. The summed E-state index contributed by atoms with van der Waals surface area (Å²) in [5.74, 6) is -1.93. The number of aliphatic carboxylic acids is 1. The molecule has 2 rings (SSSR count). The molecule has 7 heteroatoms. The molecule has 0 aliphatic rings. The van der Waals surface area contributed by atoms with Gasteiger partial charge in [0, 0.05) is 5.56 Å². The molecule has 0 unspecified atom stereocenters. The van der Waals surface area contributed by atoms with Crippen molar-refractivity contribution < 1.29 is 28.6 Å². The minimum absolute atomic E-state index is 0.0428. The molecule has 0 saturated carbocycles. The number of hydrogen-bond donors (Lipinski definition) is 2. The van der Waals surface area contributed by atoms with E-state index < -0.39 is 23.8 Å². The number of rotatable bonds is 6. The Balaban J connectivity index is 2.09. The van der Waals surface area contributed by atoms with Crippen molar-refractivity contribution in [2.24, 2.45) is 5.73 Å². The molecule has 1 amide bonds. The summed E-state index contributed by atoms with van der Waals surface area (Å²) >= 11 is 0. The summed E-state index contributed by atoms with van der Waals surface area (Å²) in [5.41, 5.74) is 5.10. The Morgan fingerprint density at radius 1 is 1.13 bits per heavy atom. The minimum Gasteiger partial charge on any atom is -0.479 e. The molecule has 0 aliphatic heterocycles. The first kappa shape index (κ1) is 16.3. The highest BCUT2D eigenvalue weighted by molar-refractivity contribution is 5.92. The highest BCUT2D eigenvalue weighted by Crippen LogP contribution is 2.27. The van der Waals surface area contributed by atoms with E-state index >= 15 is 0 Å². The van der Waals surface area contributed by atoms with Crippen molar-refractivity contribution in [3.05, 3.63) is 53.8 Å². The number of ether oxygens (including phenoxy) is 2. The first-order valence-electron chi connectivity index (χ1n) is 6.63. The molecule has 0 fully saturated rings. The third-order valence-corrected chi connectivity index (χ3v) is 2.93. The number of halogens is 1. The zero-order chi connectivity index (χ0) is 17.0. The summed E-state index contributed by atoms with van der Waals surface area (Å²) in [6.07, 6.45) is -0.986. The van der Waals surface area contributed by atoms with Gasteiger partial charge in [0.2, 0.25) is 5.91 Å². The highest BCUT2D eigenvalue weighted by atomic mass is 19.1. The molecule has 6 nitrogen and oxygen atoms in total. The summed E-state index contributed by atoms with van der Waals surface area (Å²) in [6.45, 7) is 1.41. The van der Waals surface area contributed by atoms with E-state index in [2.05, 4.69) is 0 Å². The molecule has 0 heterocycles. The Morgan fingerprint density at radius 3 is 2.26 bits per heavy atom. The predicted molar refractivity (Wildman–Crippen MR) is 79.2 cm³/mol. The number of carboxylic acids is 1. The molecule has 3 N–H and O–H groups in total. The molecule has 0 bridgehead atoms. The summed E-state index contributed by atoms with van der Waals surface area (Å²) in [6, 6.07) is 9.66. The van der Waals surface area contributed by atoms with Crippen LogP contribution in [-0.4, -0.2) is 23.1 Å². The number of benzene rings is 2. The maximum atomic E-state index is 13.8. The molecular weight excluding hydrogens is 305 g/mol. The number of primary amides is 1. The van der Waals surface area contributed by atoms with Crippen LogP contribution in [0.3, 0.4) is 0 Å². The van der Waals surface area contributed by atoms with E-state index in [9.17, 15) is 14.0 Å². The first-order valence-corrected chi connectivity index (χ1v) is 6.63. The second-order valence-electron chi connectivity index (χ2n) is 4.68. The van der Waals surface area contributed by atoms with Crippen LogP contribution in [-0.2, 0) is 4.79 Å². The van der Waals surface area contributed by atoms with Crippen molar-refractivity contribution in [3.8, 4) is 17.2 Å². The number of carbonyl (C=O) groups is 2. The van der Waals surface area contributed by atoms with Gasteiger partial charge in [-0.15, -0.1) is 0 Å². The van der Waals surface area contributed by atoms with Gasteiger partial charge in [0.1, 0.15) is 11.5 Å². The van der Waals surface area contributed by atoms with E-state index in [-0.39, 0.29) is 11.3 Å². The normalized spacial score (nSPS) is 11.6. The van der Waals surface area contributed by atoms with Crippen molar-refractivity contribution in [1.29, 1.82) is 0 Å². The van der Waals surface area contributed by atoms with Gasteiger partial charge in [-0.2, -0.15) is 0 Å². The van der Waals surface area contributed by atoms with Gasteiger partial charge in [-0.3, -0.25) is 4.79 Å². The topological polar surface area (TPSA) is 98.9 Å². The van der Waals surface area contributed by atoms with Gasteiger partial charge in [0.05, 0.1) is 0 Å². The van der Waals surface area contributed by atoms with E-state index in [0.29, 0.717) is 11.5 Å². The quantitative estimate of drug-likeness (QED) is 0.852. The van der Waals surface area contributed by atoms with Gasteiger partial charge in [-0.25, -0.2) is 9.18 Å². The largest absolute Gasteiger partial charge is 0.479 e. The van der Waals surface area contributed by atoms with E-state index in [1.165, 1.54) is 43.3 Å². The molecule has 1 atom stereocenters. The lowest BCUT2D eigenvalue weighted by Gasteiger charge is -2.11. The lowest BCUT2D eigenvalue weighted by atomic mass is 10.2. The first-order chi connectivity index (χ1) is 10.9. The molecule has 23 heavy (non-hydrogen) atoms. The molecule has 0 aromatic heterocycles. The van der Waals surface area contributed by atoms with E-state index in [0.717, 1.165) is 6.07 Å². The third-order valence-electron chi connectivity index (χ3n) is 2.93. The van der Waals surface area contributed by atoms with Gasteiger partial charge < -0.3 is 20.3 Å². The zero-order valence-corrected chi connectivity index (χ0v) is 12.2. The maximum absolute atomic E-state index is 13.8. The van der Waals surface area contributed by atoms with Crippen molar-refractivity contribution in [1.82, 2.24) is 0 Å². The zero-order valence-electron chi connectivity index (χ0n) is 12.2. The van der Waals surface area contributed by atoms with Crippen LogP contribution in [0.5, 0.6) is 17.2 Å². The minimum atomic E-state index is -1.08. The predicted octanol–water partition coefficient (Wildman–Crippen LogP) is 2.57. The average Bonchev–Trinajstić information content (AvgIpc) is 2.50. The number of carboxylic acid groups (broad SMARTS) is 1. The Morgan fingerprint density at radius 2 is 1.74 bits per heavy atom. The standard InChI is InChI=1S/C16H14FNO5/c1-9(16(20)21)22-11-3-5-12(6-4-11)23-14-7-2-10(15(18)19)8-13(14)17/h2-9H,1H3,(H2,18,19)(H,20,21)/t9-/m1/s1. The number of nitrogens with two attached hydrogens (primary N) is 1. The Labute approximate surface area is 131 Å². The molecule has 0 radical (unpaired) electrons. The molecule has 0 spiro atoms. The molecule has 0 aliphatic carbocycles. The van der Waals surface area contributed by atoms with Crippen LogP contribution in [0.2, 0.25) is 0 Å². The monoisotopic (exact) mass is 319 g/mol. The fraction of sp³-hybridized carbons (Fsp3) is 0.125. The van der Waals surface area contributed by atoms with Crippen LogP contribution in [0.1, 0.15) is 17.3 Å². The van der Waals surface area contributed by atoms with Gasteiger partial charge in [-0.05, 0) is 49.4 Å². The molecule has 0 saturated heterocycles. The summed E-state index contributed by atoms with van der Waals surface area (Å²) < 4.78 is 24.3. The number of hydrogen-bond acceptors (Lipinski definition) is 4. The molecule has 2 aromatic carbocycles. The lowest BCUT2D eigenvalue weighted by molar-refractivity contribution is -0.144. The summed E-state index contributed by atoms with van der Waals surface area (Å²) in [4.78, 5) is 21.7. The number of amides is 1. The van der Waals surface area contributed by atoms with Gasteiger partial charge in [0.15, 0.2) is 17.7 Å². The summed E-state index contributed by atoms with van der Waals surface area (Å²) in [7, 11) is 0. The smallest absolute Gasteiger partial charge is 0.344 e. The van der Waals surface area contributed by atoms with E-state index in [4.69, 9.17) is 20.3 Å². The second kappa shape index (κ2) is 6.78. The van der Waals surface area contributed by atoms with Crippen LogP contribution < -0.4 is 15.2 Å². The van der Waals surface area contributed by atoms with Crippen LogP contribution in [0.25, 0.3) is 0 Å². The van der Waals surface area contributed by atoms with E-state index in [1.807, 2.05) is 0 Å². The van der Waals surface area contributed by atoms with Gasteiger partial charge in [0.25, 0.3) is 0 Å². The van der Waals surface area contributed by atoms with Crippen LogP contribution in [0.15, 0.2) is 42.5 Å². The molecule has 2 aromatic rings. The van der Waals surface area contributed by atoms with Crippen LogP contribution >= 0.6 is 0 Å². The van der Waals surface area contributed by atoms with Crippen molar-refractivity contribution in [2.75, 3.05) is 0 Å². The lowest BCUT2D eigenvalue weighted by Crippen LogP contribution is -2.22. The fourth-order valence-electron chi connectivity index (χ4n) is 1.70. The second-order valence-corrected chi connectivity index (χ2v) is 4.68. The van der Waals surface area contributed by atoms with Crippen molar-refractivity contribution in [3.63, 3.8) is 0 Å². The molecular formula is C16H14FNO5.